The number of esters is 1. The molecule has 0 radical (unpaired) electrons. The van der Waals surface area contributed by atoms with Crippen LogP contribution in [0.3, 0.4) is 0 Å². The second-order valence-corrected chi connectivity index (χ2v) is 10.1. The summed E-state index contributed by atoms with van der Waals surface area (Å²) < 4.78 is 23.6. The molecule has 0 aromatic heterocycles. The van der Waals surface area contributed by atoms with Crippen molar-refractivity contribution in [1.29, 1.82) is 0 Å². The summed E-state index contributed by atoms with van der Waals surface area (Å²) in [6.45, 7) is 3.92. The number of ketones is 1. The lowest BCUT2D eigenvalue weighted by molar-refractivity contribution is -0.233. The van der Waals surface area contributed by atoms with Crippen molar-refractivity contribution in [1.82, 2.24) is 4.90 Å². The molecule has 4 bridgehead atoms. The summed E-state index contributed by atoms with van der Waals surface area (Å²) in [5.74, 6) is -4.23. The zero-order valence-electron chi connectivity index (χ0n) is 19.6. The third kappa shape index (κ3) is 2.32. The zero-order chi connectivity index (χ0) is 24.2. The number of fused-ring (bicyclic) bond motifs is 2. The Morgan fingerprint density at radius 1 is 1.26 bits per heavy atom. The van der Waals surface area contributed by atoms with Crippen LogP contribution in [0.4, 0.5) is 5.69 Å². The van der Waals surface area contributed by atoms with Crippen molar-refractivity contribution in [3.63, 3.8) is 0 Å². The predicted octanol–water partition coefficient (Wildman–Crippen LogP) is 0.543. The van der Waals surface area contributed by atoms with Gasteiger partial charge in [0, 0.05) is 20.0 Å². The number of anilines is 1. The van der Waals surface area contributed by atoms with E-state index in [1.54, 1.807) is 18.2 Å². The minimum Gasteiger partial charge on any atom is -0.453 e. The number of amides is 1. The van der Waals surface area contributed by atoms with Crippen LogP contribution in [0.2, 0.25) is 0 Å². The zero-order valence-corrected chi connectivity index (χ0v) is 19.6. The molecule has 7 atom stereocenters. The highest BCUT2D eigenvalue weighted by Gasteiger charge is 2.83. The number of rotatable bonds is 2. The smallest absolute Gasteiger partial charge is 0.304 e. The number of para-hydroxylation sites is 1. The fourth-order valence-electron chi connectivity index (χ4n) is 7.18. The van der Waals surface area contributed by atoms with Crippen molar-refractivity contribution >= 4 is 23.3 Å². The summed E-state index contributed by atoms with van der Waals surface area (Å²) in [6.07, 6.45) is -1.41. The van der Waals surface area contributed by atoms with Gasteiger partial charge in [0.15, 0.2) is 11.6 Å². The number of Topliss-reactive ketones (excluding diaryl/α,β-unsaturated/α-hetero) is 1. The molecule has 1 amide bonds. The van der Waals surface area contributed by atoms with Crippen LogP contribution in [0.15, 0.2) is 18.2 Å². The molecule has 1 saturated carbocycles. The van der Waals surface area contributed by atoms with Gasteiger partial charge in [0.05, 0.1) is 11.6 Å². The van der Waals surface area contributed by atoms with E-state index in [-0.39, 0.29) is 12.2 Å². The Hall–Kier alpha value is -2.53. The van der Waals surface area contributed by atoms with Crippen LogP contribution in [-0.2, 0) is 34.0 Å². The van der Waals surface area contributed by atoms with Gasteiger partial charge in [-0.25, -0.2) is 0 Å². The van der Waals surface area contributed by atoms with Gasteiger partial charge in [-0.3, -0.25) is 19.3 Å². The summed E-state index contributed by atoms with van der Waals surface area (Å²) in [7, 11) is 3.32. The average Bonchev–Trinajstić information content (AvgIpc) is 3.20. The molecule has 34 heavy (non-hydrogen) atoms. The van der Waals surface area contributed by atoms with Gasteiger partial charge in [0.25, 0.3) is 12.2 Å². The van der Waals surface area contributed by atoms with E-state index >= 15 is 0 Å². The fraction of sp³-hybridized carbons (Fsp3) is 0.625. The van der Waals surface area contributed by atoms with Crippen molar-refractivity contribution in [2.24, 2.45) is 11.8 Å². The van der Waals surface area contributed by atoms with Crippen LogP contribution < -0.4 is 9.64 Å². The topological polar surface area (TPSA) is 115 Å². The molecule has 2 saturated heterocycles. The molecular weight excluding hydrogens is 444 g/mol. The maximum atomic E-state index is 14.6. The van der Waals surface area contributed by atoms with Crippen LogP contribution in [0, 0.1) is 11.8 Å². The molecule has 182 valence electrons. The first-order valence-corrected chi connectivity index (χ1v) is 11.6. The largest absolute Gasteiger partial charge is 0.453 e. The van der Waals surface area contributed by atoms with E-state index in [0.717, 1.165) is 0 Å². The third-order valence-corrected chi connectivity index (χ3v) is 8.36. The molecule has 6 rings (SSSR count). The number of carbonyl (C=O) groups is 3. The lowest BCUT2D eigenvalue weighted by atomic mass is 9.55. The maximum Gasteiger partial charge on any atom is 0.304 e. The highest BCUT2D eigenvalue weighted by molar-refractivity contribution is 6.11. The molecule has 7 unspecified atom stereocenters. The Bertz CT molecular complexity index is 1120. The summed E-state index contributed by atoms with van der Waals surface area (Å²) >= 11 is 0. The van der Waals surface area contributed by atoms with E-state index in [9.17, 15) is 19.5 Å². The van der Waals surface area contributed by atoms with Gasteiger partial charge in [-0.05, 0) is 51.5 Å². The predicted molar refractivity (Wildman–Crippen MR) is 116 cm³/mol. The molecular formula is C24H28N2O8. The van der Waals surface area contributed by atoms with E-state index in [1.165, 1.54) is 25.9 Å². The summed E-state index contributed by atoms with van der Waals surface area (Å²) in [4.78, 5) is 44.7. The lowest BCUT2D eigenvalue weighted by Gasteiger charge is -2.54. The summed E-state index contributed by atoms with van der Waals surface area (Å²) in [5, 5.41) is 11.3. The van der Waals surface area contributed by atoms with Crippen molar-refractivity contribution < 1.29 is 38.4 Å². The molecule has 1 N–H and O–H groups in total. The highest BCUT2D eigenvalue weighted by Crippen LogP contribution is 2.69. The number of nitrogens with zero attached hydrogens (tertiary/aromatic N) is 2. The van der Waals surface area contributed by atoms with Crippen molar-refractivity contribution in [3.05, 3.63) is 23.8 Å². The first-order valence-electron chi connectivity index (χ1n) is 11.6. The highest BCUT2D eigenvalue weighted by atomic mass is 16.7. The molecule has 4 aliphatic heterocycles. The van der Waals surface area contributed by atoms with Gasteiger partial charge < -0.3 is 29.0 Å². The van der Waals surface area contributed by atoms with Gasteiger partial charge in [-0.15, -0.1) is 0 Å². The standard InChI is InChI=1S/C24H28N2O8/c1-12(27)33-24-19-13-8-10-25(3)11-9-23(24,18(28)16(13)22(2,30)34-19)14-6-5-7-15-17(14)26(24)20(29)21(31-4)32-15/h5-7,13,16,19,21,30H,8-11H2,1-4H3. The van der Waals surface area contributed by atoms with E-state index in [0.29, 0.717) is 36.5 Å². The van der Waals surface area contributed by atoms with Crippen molar-refractivity contribution in [3.8, 4) is 5.75 Å². The monoisotopic (exact) mass is 472 g/mol. The van der Waals surface area contributed by atoms with Crippen LogP contribution in [0.1, 0.15) is 32.3 Å². The quantitative estimate of drug-likeness (QED) is 0.616. The molecule has 10 heteroatoms. The number of hydrogen-bond donors (Lipinski definition) is 1. The number of carbonyl (C=O) groups excluding carboxylic acids is 3. The Labute approximate surface area is 196 Å². The van der Waals surface area contributed by atoms with Gasteiger partial charge >= 0.3 is 5.97 Å². The first-order chi connectivity index (χ1) is 16.1. The Morgan fingerprint density at radius 3 is 2.74 bits per heavy atom. The van der Waals surface area contributed by atoms with Crippen LogP contribution in [0.25, 0.3) is 0 Å². The first kappa shape index (κ1) is 22.0. The summed E-state index contributed by atoms with van der Waals surface area (Å²) in [6, 6.07) is 5.24. The van der Waals surface area contributed by atoms with Crippen LogP contribution >= 0.6 is 0 Å². The van der Waals surface area contributed by atoms with E-state index in [4.69, 9.17) is 18.9 Å². The Balaban J connectivity index is 1.74. The molecule has 1 aromatic rings. The van der Waals surface area contributed by atoms with Gasteiger partial charge in [0.2, 0.25) is 5.72 Å². The lowest BCUT2D eigenvalue weighted by Crippen LogP contribution is -2.76. The number of ether oxygens (including phenoxy) is 4. The van der Waals surface area contributed by atoms with Gasteiger partial charge in [-0.2, -0.15) is 0 Å². The molecule has 3 fully saturated rings. The van der Waals surface area contributed by atoms with Gasteiger partial charge in [-0.1, -0.05) is 12.1 Å². The van der Waals surface area contributed by atoms with E-state index in [2.05, 4.69) is 4.90 Å². The molecule has 10 nitrogen and oxygen atoms in total. The fourth-order valence-corrected chi connectivity index (χ4v) is 7.18. The normalized spacial score (nSPS) is 42.4. The number of aliphatic hydroxyl groups is 1. The minimum absolute atomic E-state index is 0.270. The maximum absolute atomic E-state index is 14.6. The van der Waals surface area contributed by atoms with Gasteiger partial charge in [0.1, 0.15) is 17.3 Å². The molecule has 1 spiro atoms. The summed E-state index contributed by atoms with van der Waals surface area (Å²) in [5.41, 5.74) is -2.33. The Kier molecular flexibility index (Phi) is 4.38. The van der Waals surface area contributed by atoms with E-state index < -0.39 is 53.0 Å². The minimum atomic E-state index is -1.82. The van der Waals surface area contributed by atoms with Crippen molar-refractivity contribution in [2.45, 2.75) is 56.0 Å². The van der Waals surface area contributed by atoms with E-state index in [1.807, 2.05) is 7.05 Å². The molecule has 4 heterocycles. The third-order valence-electron chi connectivity index (χ3n) is 8.36. The second kappa shape index (κ2) is 6.78. The van der Waals surface area contributed by atoms with Crippen molar-refractivity contribution in [2.75, 3.05) is 32.1 Å². The van der Waals surface area contributed by atoms with Crippen LogP contribution in [-0.4, -0.2) is 78.8 Å². The van der Waals surface area contributed by atoms with Crippen LogP contribution in [0.5, 0.6) is 5.75 Å². The Morgan fingerprint density at radius 2 is 2.03 bits per heavy atom. The average molecular weight is 472 g/mol. The molecule has 1 aromatic carbocycles. The number of methoxy groups -OCH3 is 1. The molecule has 5 aliphatic rings. The second-order valence-electron chi connectivity index (χ2n) is 10.1. The number of benzene rings is 1. The number of hydrogen-bond acceptors (Lipinski definition) is 9. The molecule has 1 aliphatic carbocycles. The SMILES string of the molecule is COC1Oc2cccc3c2N(C1=O)C1(OC(C)=O)C2OC(C)(O)C4C(=O)C31CCN(C)CCC42.